The molecule has 0 saturated heterocycles. The lowest BCUT2D eigenvalue weighted by molar-refractivity contribution is 0.408. The van der Waals surface area contributed by atoms with Gasteiger partial charge in [-0.1, -0.05) is 20.3 Å². The summed E-state index contributed by atoms with van der Waals surface area (Å²) in [5.41, 5.74) is 1.46. The molecule has 0 aliphatic carbocycles. The fraction of sp³-hybridized carbons (Fsp3) is 0.692. The largest absolute Gasteiger partial charge is 0.311 e. The molecule has 1 aromatic rings. The SMILES string of the molecule is CCCC(CC)NC(C)Cc1ccsc1. The summed E-state index contributed by atoms with van der Waals surface area (Å²) in [6.45, 7) is 6.81. The molecule has 0 saturated carbocycles. The first kappa shape index (κ1) is 12.7. The maximum atomic E-state index is 3.71. The zero-order valence-corrected chi connectivity index (χ0v) is 10.9. The average Bonchev–Trinajstić information content (AvgIpc) is 2.69. The van der Waals surface area contributed by atoms with E-state index in [4.69, 9.17) is 0 Å². The highest BCUT2D eigenvalue weighted by atomic mass is 32.1. The second-order valence-electron chi connectivity index (χ2n) is 4.30. The molecule has 0 spiro atoms. The summed E-state index contributed by atoms with van der Waals surface area (Å²) in [7, 11) is 0. The topological polar surface area (TPSA) is 12.0 Å². The Hall–Kier alpha value is -0.340. The van der Waals surface area contributed by atoms with E-state index < -0.39 is 0 Å². The van der Waals surface area contributed by atoms with E-state index in [1.54, 1.807) is 11.3 Å². The normalized spacial score (nSPS) is 15.1. The van der Waals surface area contributed by atoms with Crippen LogP contribution < -0.4 is 5.32 Å². The fourth-order valence-electron chi connectivity index (χ4n) is 1.98. The predicted octanol–water partition coefficient (Wildman–Crippen LogP) is 3.85. The standard InChI is InChI=1S/C13H23NS/c1-4-6-13(5-2)14-11(3)9-12-7-8-15-10-12/h7-8,10-11,13-14H,4-6,9H2,1-3H3. The van der Waals surface area contributed by atoms with Crippen LogP contribution >= 0.6 is 11.3 Å². The Bertz CT molecular complexity index is 243. The minimum atomic E-state index is 0.594. The number of hydrogen-bond acceptors (Lipinski definition) is 2. The quantitative estimate of drug-likeness (QED) is 0.743. The second-order valence-corrected chi connectivity index (χ2v) is 5.08. The van der Waals surface area contributed by atoms with Crippen molar-refractivity contribution < 1.29 is 0 Å². The first-order chi connectivity index (χ1) is 7.26. The zero-order chi connectivity index (χ0) is 11.1. The van der Waals surface area contributed by atoms with Crippen molar-refractivity contribution >= 4 is 11.3 Å². The minimum Gasteiger partial charge on any atom is -0.311 e. The third-order valence-corrected chi connectivity index (χ3v) is 3.50. The van der Waals surface area contributed by atoms with E-state index in [0.29, 0.717) is 12.1 Å². The Morgan fingerprint density at radius 2 is 2.20 bits per heavy atom. The van der Waals surface area contributed by atoms with Crippen LogP contribution in [0.5, 0.6) is 0 Å². The Labute approximate surface area is 97.9 Å². The number of rotatable bonds is 7. The summed E-state index contributed by atoms with van der Waals surface area (Å²) in [6.07, 6.45) is 4.96. The van der Waals surface area contributed by atoms with Crippen LogP contribution in [0.4, 0.5) is 0 Å². The average molecular weight is 225 g/mol. The molecule has 0 bridgehead atoms. The summed E-state index contributed by atoms with van der Waals surface area (Å²) in [4.78, 5) is 0. The highest BCUT2D eigenvalue weighted by molar-refractivity contribution is 7.07. The molecule has 2 heteroatoms. The molecule has 0 radical (unpaired) electrons. The van der Waals surface area contributed by atoms with E-state index in [2.05, 4.69) is 42.9 Å². The van der Waals surface area contributed by atoms with E-state index in [-0.39, 0.29) is 0 Å². The Balaban J connectivity index is 2.30. The highest BCUT2D eigenvalue weighted by Crippen LogP contribution is 2.10. The zero-order valence-electron chi connectivity index (χ0n) is 10.1. The Kier molecular flexibility index (Phi) is 5.96. The van der Waals surface area contributed by atoms with Crippen molar-refractivity contribution in [2.75, 3.05) is 0 Å². The lowest BCUT2D eigenvalue weighted by atomic mass is 10.1. The number of hydrogen-bond donors (Lipinski definition) is 1. The van der Waals surface area contributed by atoms with Crippen molar-refractivity contribution in [2.24, 2.45) is 0 Å². The van der Waals surface area contributed by atoms with Crippen molar-refractivity contribution in [3.63, 3.8) is 0 Å². The summed E-state index contributed by atoms with van der Waals surface area (Å²) < 4.78 is 0. The fourth-order valence-corrected chi connectivity index (χ4v) is 2.66. The third-order valence-electron chi connectivity index (χ3n) is 2.77. The molecule has 86 valence electrons. The van der Waals surface area contributed by atoms with Gasteiger partial charge in [-0.3, -0.25) is 0 Å². The maximum absolute atomic E-state index is 3.71. The molecule has 0 aliphatic rings. The van der Waals surface area contributed by atoms with Gasteiger partial charge in [0, 0.05) is 12.1 Å². The van der Waals surface area contributed by atoms with Crippen LogP contribution in [0, 0.1) is 0 Å². The van der Waals surface area contributed by atoms with Crippen LogP contribution in [0.25, 0.3) is 0 Å². The minimum absolute atomic E-state index is 0.594. The van der Waals surface area contributed by atoms with Crippen molar-refractivity contribution in [1.82, 2.24) is 5.32 Å². The molecule has 1 N–H and O–H groups in total. The van der Waals surface area contributed by atoms with E-state index in [1.807, 2.05) is 0 Å². The van der Waals surface area contributed by atoms with Crippen molar-refractivity contribution in [1.29, 1.82) is 0 Å². The van der Waals surface area contributed by atoms with Crippen molar-refractivity contribution in [3.05, 3.63) is 22.4 Å². The van der Waals surface area contributed by atoms with Crippen LogP contribution in [0.2, 0.25) is 0 Å². The molecule has 1 rings (SSSR count). The molecule has 2 atom stereocenters. The molecular weight excluding hydrogens is 202 g/mol. The maximum Gasteiger partial charge on any atom is 0.00820 e. The Morgan fingerprint density at radius 3 is 2.73 bits per heavy atom. The summed E-state index contributed by atoms with van der Waals surface area (Å²) in [5.74, 6) is 0. The van der Waals surface area contributed by atoms with E-state index >= 15 is 0 Å². The van der Waals surface area contributed by atoms with Crippen LogP contribution in [-0.4, -0.2) is 12.1 Å². The number of thiophene rings is 1. The second kappa shape index (κ2) is 7.02. The van der Waals surface area contributed by atoms with E-state index in [9.17, 15) is 0 Å². The lowest BCUT2D eigenvalue weighted by Gasteiger charge is -2.21. The van der Waals surface area contributed by atoms with Gasteiger partial charge in [-0.05, 0) is 48.6 Å². The van der Waals surface area contributed by atoms with Crippen LogP contribution in [0.15, 0.2) is 16.8 Å². The molecule has 0 amide bonds. The van der Waals surface area contributed by atoms with Gasteiger partial charge in [0.15, 0.2) is 0 Å². The summed E-state index contributed by atoms with van der Waals surface area (Å²) >= 11 is 1.79. The van der Waals surface area contributed by atoms with Gasteiger partial charge in [0.1, 0.15) is 0 Å². The van der Waals surface area contributed by atoms with Gasteiger partial charge in [0.2, 0.25) is 0 Å². The first-order valence-corrected chi connectivity index (χ1v) is 6.97. The van der Waals surface area contributed by atoms with Gasteiger partial charge in [-0.25, -0.2) is 0 Å². The van der Waals surface area contributed by atoms with Gasteiger partial charge >= 0.3 is 0 Å². The summed E-state index contributed by atoms with van der Waals surface area (Å²) in [6, 6.07) is 3.52. The molecule has 1 nitrogen and oxygen atoms in total. The monoisotopic (exact) mass is 225 g/mol. The lowest BCUT2D eigenvalue weighted by Crippen LogP contribution is -2.37. The molecule has 15 heavy (non-hydrogen) atoms. The smallest absolute Gasteiger partial charge is 0.00820 e. The van der Waals surface area contributed by atoms with Crippen LogP contribution in [0.1, 0.15) is 45.6 Å². The molecule has 0 fully saturated rings. The Morgan fingerprint density at radius 1 is 1.40 bits per heavy atom. The van der Waals surface area contributed by atoms with Crippen LogP contribution in [-0.2, 0) is 6.42 Å². The molecule has 1 aromatic heterocycles. The van der Waals surface area contributed by atoms with Gasteiger partial charge in [0.25, 0.3) is 0 Å². The van der Waals surface area contributed by atoms with Crippen molar-refractivity contribution in [2.45, 2.75) is 58.5 Å². The molecule has 2 unspecified atom stereocenters. The van der Waals surface area contributed by atoms with Gasteiger partial charge < -0.3 is 5.32 Å². The molecule has 0 aliphatic heterocycles. The van der Waals surface area contributed by atoms with Gasteiger partial charge in [0.05, 0.1) is 0 Å². The van der Waals surface area contributed by atoms with Gasteiger partial charge in [-0.15, -0.1) is 0 Å². The molecule has 0 aromatic carbocycles. The number of nitrogens with one attached hydrogen (secondary N) is 1. The van der Waals surface area contributed by atoms with E-state index in [1.165, 1.54) is 24.8 Å². The summed E-state index contributed by atoms with van der Waals surface area (Å²) in [5, 5.41) is 8.12. The molecule has 1 heterocycles. The molecular formula is C13H23NS. The first-order valence-electron chi connectivity index (χ1n) is 6.03. The van der Waals surface area contributed by atoms with Gasteiger partial charge in [-0.2, -0.15) is 11.3 Å². The third kappa shape index (κ3) is 4.80. The van der Waals surface area contributed by atoms with Crippen molar-refractivity contribution in [3.8, 4) is 0 Å². The van der Waals surface area contributed by atoms with E-state index in [0.717, 1.165) is 6.42 Å². The predicted molar refractivity (Wildman–Crippen MR) is 69.6 cm³/mol. The van der Waals surface area contributed by atoms with Crippen LogP contribution in [0.3, 0.4) is 0 Å². The highest BCUT2D eigenvalue weighted by Gasteiger charge is 2.09.